The summed E-state index contributed by atoms with van der Waals surface area (Å²) in [6.45, 7) is 0.290. The van der Waals surface area contributed by atoms with Crippen molar-refractivity contribution in [3.63, 3.8) is 0 Å². The molecule has 0 aromatic carbocycles. The van der Waals surface area contributed by atoms with Gasteiger partial charge in [0.25, 0.3) is 0 Å². The number of nitrogens with one attached hydrogen (secondary N) is 1. The molecule has 0 aromatic heterocycles. The lowest BCUT2D eigenvalue weighted by atomic mass is 10.2. The van der Waals surface area contributed by atoms with E-state index in [1.807, 2.05) is 0 Å². The van der Waals surface area contributed by atoms with Gasteiger partial charge >= 0.3 is 5.97 Å². The summed E-state index contributed by atoms with van der Waals surface area (Å²) < 4.78 is 0. The number of carbonyl (C=O) groups is 2. The first kappa shape index (κ1) is 11.4. The Hall–Kier alpha value is -0.620. The van der Waals surface area contributed by atoms with Crippen molar-refractivity contribution in [2.24, 2.45) is 5.73 Å². The van der Waals surface area contributed by atoms with Crippen molar-refractivity contribution in [2.45, 2.75) is 12.5 Å². The van der Waals surface area contributed by atoms with Crippen molar-refractivity contribution in [3.05, 3.63) is 0 Å². The van der Waals surface area contributed by atoms with Crippen molar-refractivity contribution in [1.82, 2.24) is 5.32 Å². The van der Waals surface area contributed by atoms with Crippen molar-refractivity contribution < 1.29 is 14.7 Å². The Balaban J connectivity index is 3.43. The first-order valence-electron chi connectivity index (χ1n) is 3.39. The van der Waals surface area contributed by atoms with Crippen molar-refractivity contribution in [2.75, 3.05) is 11.9 Å². The number of carboxylic acid groups (broad SMARTS) is 1. The summed E-state index contributed by atoms with van der Waals surface area (Å²) in [7, 11) is 0. The lowest BCUT2D eigenvalue weighted by Gasteiger charge is -2.06. The van der Waals surface area contributed by atoms with Gasteiger partial charge in [-0.25, -0.2) is 0 Å². The molecule has 4 N–H and O–H groups in total. The zero-order valence-electron chi connectivity index (χ0n) is 6.42. The number of nitrogens with two attached hydrogens (primary N) is 1. The van der Waals surface area contributed by atoms with E-state index in [4.69, 9.17) is 10.8 Å². The fraction of sp³-hybridized carbons (Fsp3) is 0.667. The second-order valence-corrected chi connectivity index (χ2v) is 2.78. The topological polar surface area (TPSA) is 92.4 Å². The Morgan fingerprint density at radius 2 is 2.17 bits per heavy atom. The predicted octanol–water partition coefficient (Wildman–Crippen LogP) is -0.701. The van der Waals surface area contributed by atoms with Crippen LogP contribution in [-0.4, -0.2) is 34.9 Å². The van der Waals surface area contributed by atoms with Crippen LogP contribution in [0.15, 0.2) is 0 Å². The van der Waals surface area contributed by atoms with Crippen LogP contribution in [-0.2, 0) is 9.59 Å². The number of carboxylic acids is 1. The van der Waals surface area contributed by atoms with Crippen LogP contribution >= 0.6 is 15.9 Å². The molecule has 70 valence electrons. The van der Waals surface area contributed by atoms with Crippen LogP contribution < -0.4 is 11.1 Å². The van der Waals surface area contributed by atoms with Crippen LogP contribution in [0.4, 0.5) is 0 Å². The average Bonchev–Trinajstić information content (AvgIpc) is 2.03. The van der Waals surface area contributed by atoms with Crippen molar-refractivity contribution >= 4 is 27.8 Å². The third-order valence-electron chi connectivity index (χ3n) is 1.22. The molecule has 0 radical (unpaired) electrons. The lowest BCUT2D eigenvalue weighted by molar-refractivity contribution is -0.138. The van der Waals surface area contributed by atoms with E-state index in [1.165, 1.54) is 0 Å². The van der Waals surface area contributed by atoms with Gasteiger partial charge < -0.3 is 16.2 Å². The number of rotatable bonds is 5. The second kappa shape index (κ2) is 5.96. The third kappa shape index (κ3) is 5.09. The van der Waals surface area contributed by atoms with Gasteiger partial charge in [-0.15, -0.1) is 0 Å². The molecule has 1 amide bonds. The molecule has 1 atom stereocenters. The van der Waals surface area contributed by atoms with E-state index < -0.39 is 12.0 Å². The number of carbonyl (C=O) groups excluding carboxylic acids is 1. The molecule has 0 saturated carbocycles. The molecule has 0 bridgehead atoms. The number of halogens is 1. The quantitative estimate of drug-likeness (QED) is 0.553. The summed E-state index contributed by atoms with van der Waals surface area (Å²) in [4.78, 5) is 20.8. The van der Waals surface area contributed by atoms with Gasteiger partial charge in [-0.2, -0.15) is 0 Å². The summed E-state index contributed by atoms with van der Waals surface area (Å²) in [6.07, 6.45) is 0.244. The van der Waals surface area contributed by atoms with Gasteiger partial charge in [0.1, 0.15) is 6.04 Å². The molecule has 0 aromatic rings. The van der Waals surface area contributed by atoms with E-state index in [0.29, 0.717) is 0 Å². The molecular weight excluding hydrogens is 228 g/mol. The van der Waals surface area contributed by atoms with Crippen LogP contribution in [0.5, 0.6) is 0 Å². The standard InChI is InChI=1S/C6H11BrN2O3/c7-3-5(10)9-2-1-4(8)6(11)12/h4H,1-3,8H2,(H,9,10)(H,11,12)/t4-/m0/s1. The first-order valence-corrected chi connectivity index (χ1v) is 4.51. The van der Waals surface area contributed by atoms with E-state index in [9.17, 15) is 9.59 Å². The maximum Gasteiger partial charge on any atom is 0.320 e. The van der Waals surface area contributed by atoms with E-state index in [1.54, 1.807) is 0 Å². The van der Waals surface area contributed by atoms with Crippen LogP contribution in [0.2, 0.25) is 0 Å². The zero-order chi connectivity index (χ0) is 9.56. The van der Waals surface area contributed by atoms with Crippen molar-refractivity contribution in [1.29, 1.82) is 0 Å². The summed E-state index contributed by atoms with van der Waals surface area (Å²) in [5, 5.41) is 11.1. The van der Waals surface area contributed by atoms with Crippen molar-refractivity contribution in [3.8, 4) is 0 Å². The normalized spacial score (nSPS) is 12.2. The minimum absolute atomic E-state index is 0.174. The van der Waals surface area contributed by atoms with E-state index in [2.05, 4.69) is 21.2 Å². The summed E-state index contributed by atoms with van der Waals surface area (Å²) in [5.74, 6) is -1.23. The molecule has 0 aliphatic rings. The zero-order valence-corrected chi connectivity index (χ0v) is 8.00. The van der Waals surface area contributed by atoms with E-state index in [0.717, 1.165) is 0 Å². The van der Waals surface area contributed by atoms with Crippen LogP contribution in [0.25, 0.3) is 0 Å². The van der Waals surface area contributed by atoms with E-state index in [-0.39, 0.29) is 24.2 Å². The smallest absolute Gasteiger partial charge is 0.320 e. The van der Waals surface area contributed by atoms with Gasteiger partial charge in [0.2, 0.25) is 5.91 Å². The molecule has 6 heteroatoms. The van der Waals surface area contributed by atoms with Gasteiger partial charge in [0, 0.05) is 6.54 Å². The highest BCUT2D eigenvalue weighted by Crippen LogP contribution is 1.86. The van der Waals surface area contributed by atoms with Gasteiger partial charge in [-0.05, 0) is 6.42 Å². The molecule has 0 aliphatic heterocycles. The number of hydrogen-bond donors (Lipinski definition) is 3. The number of amides is 1. The van der Waals surface area contributed by atoms with E-state index >= 15 is 0 Å². The molecule has 5 nitrogen and oxygen atoms in total. The Labute approximate surface area is 78.4 Å². The largest absolute Gasteiger partial charge is 0.480 e. The lowest BCUT2D eigenvalue weighted by Crippen LogP contribution is -2.35. The third-order valence-corrected chi connectivity index (χ3v) is 1.73. The van der Waals surface area contributed by atoms with Crippen LogP contribution in [0.1, 0.15) is 6.42 Å². The Morgan fingerprint density at radius 1 is 1.58 bits per heavy atom. The fourth-order valence-electron chi connectivity index (χ4n) is 0.538. The molecule has 0 aliphatic carbocycles. The maximum absolute atomic E-state index is 10.6. The molecule has 0 saturated heterocycles. The molecule has 0 unspecified atom stereocenters. The van der Waals surface area contributed by atoms with Gasteiger partial charge in [-0.1, -0.05) is 15.9 Å². The SMILES string of the molecule is N[C@@H](CCNC(=O)CBr)C(=O)O. The molecular formula is C6H11BrN2O3. The number of aliphatic carboxylic acids is 1. The summed E-state index contributed by atoms with van der Waals surface area (Å²) >= 11 is 2.95. The molecule has 0 fully saturated rings. The summed E-state index contributed by atoms with van der Waals surface area (Å²) in [6, 6.07) is -0.902. The Morgan fingerprint density at radius 3 is 2.58 bits per heavy atom. The number of alkyl halides is 1. The highest BCUT2D eigenvalue weighted by atomic mass is 79.9. The highest BCUT2D eigenvalue weighted by Gasteiger charge is 2.10. The molecule has 0 heterocycles. The first-order chi connectivity index (χ1) is 5.57. The summed E-state index contributed by atoms with van der Waals surface area (Å²) in [5.41, 5.74) is 5.18. The minimum Gasteiger partial charge on any atom is -0.480 e. The van der Waals surface area contributed by atoms with Crippen LogP contribution in [0, 0.1) is 0 Å². The average molecular weight is 239 g/mol. The number of hydrogen-bond acceptors (Lipinski definition) is 3. The Kier molecular flexibility index (Phi) is 5.65. The maximum atomic E-state index is 10.6. The second-order valence-electron chi connectivity index (χ2n) is 2.22. The van der Waals surface area contributed by atoms with Gasteiger partial charge in [0.05, 0.1) is 5.33 Å². The monoisotopic (exact) mass is 238 g/mol. The predicted molar refractivity (Wildman–Crippen MR) is 47.0 cm³/mol. The molecule has 0 rings (SSSR count). The molecule has 0 spiro atoms. The minimum atomic E-state index is -1.05. The Bertz CT molecular complexity index is 174. The molecule has 12 heavy (non-hydrogen) atoms. The van der Waals surface area contributed by atoms with Gasteiger partial charge in [0.15, 0.2) is 0 Å². The highest BCUT2D eigenvalue weighted by molar-refractivity contribution is 9.09. The van der Waals surface area contributed by atoms with Crippen LogP contribution in [0.3, 0.4) is 0 Å². The van der Waals surface area contributed by atoms with Gasteiger partial charge in [-0.3, -0.25) is 9.59 Å². The fourth-order valence-corrected chi connectivity index (χ4v) is 0.736.